The number of amides is 2. The third-order valence-electron chi connectivity index (χ3n) is 3.79. The maximum absolute atomic E-state index is 11.5. The first-order valence-corrected chi connectivity index (χ1v) is 9.35. The lowest BCUT2D eigenvalue weighted by atomic mass is 9.97. The molecule has 23 heavy (non-hydrogen) atoms. The number of nitrogens with zero attached hydrogens (tertiary/aromatic N) is 4. The molecule has 0 bridgehead atoms. The van der Waals surface area contributed by atoms with Gasteiger partial charge >= 0.3 is 6.03 Å². The summed E-state index contributed by atoms with van der Waals surface area (Å²) in [7, 11) is 0.211. The molecule has 1 saturated heterocycles. The number of hydrogen-bond acceptors (Lipinski definition) is 6. The van der Waals surface area contributed by atoms with Crippen LogP contribution < -0.4 is 5.32 Å². The van der Waals surface area contributed by atoms with Crippen molar-refractivity contribution in [3.05, 3.63) is 11.7 Å². The van der Waals surface area contributed by atoms with Crippen LogP contribution in [0.2, 0.25) is 0 Å². The lowest BCUT2D eigenvalue weighted by molar-refractivity contribution is 0.217. The summed E-state index contributed by atoms with van der Waals surface area (Å²) >= 11 is 0. The molecule has 0 aliphatic carbocycles. The molecule has 1 aliphatic rings. The summed E-state index contributed by atoms with van der Waals surface area (Å²) in [5.74, 6) is 1.21. The zero-order chi connectivity index (χ0) is 17.0. The fraction of sp³-hybridized carbons (Fsp3) is 0.769. The average molecular weight is 345 g/mol. The van der Waals surface area contributed by atoms with Gasteiger partial charge in [-0.3, -0.25) is 0 Å². The third-order valence-corrected chi connectivity index (χ3v) is 5.10. The van der Waals surface area contributed by atoms with Gasteiger partial charge < -0.3 is 14.7 Å². The van der Waals surface area contributed by atoms with Crippen LogP contribution in [0.4, 0.5) is 4.79 Å². The van der Waals surface area contributed by atoms with Gasteiger partial charge in [0, 0.05) is 46.1 Å². The Kier molecular flexibility index (Phi) is 5.58. The summed E-state index contributed by atoms with van der Waals surface area (Å²) in [6.45, 7) is 1.38. The number of carbonyl (C=O) groups excluding carboxylic acids is 1. The van der Waals surface area contributed by atoms with Crippen LogP contribution in [0.5, 0.6) is 0 Å². The Morgan fingerprint density at radius 2 is 2.04 bits per heavy atom. The number of sulfonamides is 1. The summed E-state index contributed by atoms with van der Waals surface area (Å²) in [6, 6.07) is -0.169. The van der Waals surface area contributed by atoms with Crippen molar-refractivity contribution in [2.75, 3.05) is 40.0 Å². The molecule has 2 rings (SSSR count). The monoisotopic (exact) mass is 345 g/mol. The van der Waals surface area contributed by atoms with Crippen molar-refractivity contribution in [2.24, 2.45) is 0 Å². The van der Waals surface area contributed by atoms with E-state index < -0.39 is 10.0 Å². The summed E-state index contributed by atoms with van der Waals surface area (Å²) in [4.78, 5) is 17.2. The Morgan fingerprint density at radius 1 is 1.39 bits per heavy atom. The highest BCUT2D eigenvalue weighted by Crippen LogP contribution is 2.26. The number of nitrogens with one attached hydrogen (secondary N) is 1. The summed E-state index contributed by atoms with van der Waals surface area (Å²) in [5.41, 5.74) is 0. The Hall–Kier alpha value is -1.68. The summed E-state index contributed by atoms with van der Waals surface area (Å²) in [5, 5.41) is 6.71. The van der Waals surface area contributed by atoms with Crippen molar-refractivity contribution >= 4 is 16.1 Å². The van der Waals surface area contributed by atoms with Crippen molar-refractivity contribution in [3.63, 3.8) is 0 Å². The number of hydrogen-bond donors (Lipinski definition) is 1. The van der Waals surface area contributed by atoms with Crippen molar-refractivity contribution in [3.8, 4) is 0 Å². The van der Waals surface area contributed by atoms with Crippen LogP contribution in [0, 0.1) is 0 Å². The number of piperidine rings is 1. The molecule has 0 aromatic carbocycles. The van der Waals surface area contributed by atoms with Gasteiger partial charge in [0.05, 0.1) is 6.26 Å². The Balaban J connectivity index is 1.82. The topological polar surface area (TPSA) is 109 Å². The van der Waals surface area contributed by atoms with Crippen LogP contribution in [0.25, 0.3) is 0 Å². The molecule has 0 radical (unpaired) electrons. The van der Waals surface area contributed by atoms with E-state index in [1.54, 1.807) is 14.1 Å². The Bertz CT molecular complexity index is 635. The smallest absolute Gasteiger partial charge is 0.316 e. The number of rotatable bonds is 5. The van der Waals surface area contributed by atoms with Crippen LogP contribution >= 0.6 is 0 Å². The van der Waals surface area contributed by atoms with Gasteiger partial charge in [0.15, 0.2) is 5.82 Å². The molecular weight excluding hydrogens is 322 g/mol. The first kappa shape index (κ1) is 17.7. The molecule has 0 spiro atoms. The molecule has 0 saturated carbocycles. The van der Waals surface area contributed by atoms with Gasteiger partial charge in [0.1, 0.15) is 0 Å². The molecule has 1 aliphatic heterocycles. The van der Waals surface area contributed by atoms with Crippen molar-refractivity contribution in [1.29, 1.82) is 0 Å². The second kappa shape index (κ2) is 7.26. The molecule has 1 aromatic heterocycles. The van der Waals surface area contributed by atoms with Gasteiger partial charge in [-0.05, 0) is 12.8 Å². The summed E-state index contributed by atoms with van der Waals surface area (Å²) < 4.78 is 29.7. The maximum Gasteiger partial charge on any atom is 0.316 e. The lowest BCUT2D eigenvalue weighted by Crippen LogP contribution is -2.37. The molecule has 2 heterocycles. The average Bonchev–Trinajstić information content (AvgIpc) is 2.95. The minimum Gasteiger partial charge on any atom is -0.339 e. The number of carbonyl (C=O) groups is 1. The molecular formula is C13H23N5O4S. The van der Waals surface area contributed by atoms with Crippen LogP contribution in [0.15, 0.2) is 4.52 Å². The molecule has 130 valence electrons. The fourth-order valence-electron chi connectivity index (χ4n) is 2.42. The van der Waals surface area contributed by atoms with Crippen LogP contribution in [-0.4, -0.2) is 73.8 Å². The van der Waals surface area contributed by atoms with Crippen LogP contribution in [-0.2, 0) is 16.4 Å². The van der Waals surface area contributed by atoms with Gasteiger partial charge in [0.25, 0.3) is 0 Å². The van der Waals surface area contributed by atoms with E-state index in [2.05, 4.69) is 15.5 Å². The second-order valence-corrected chi connectivity index (χ2v) is 7.84. The third kappa shape index (κ3) is 4.90. The lowest BCUT2D eigenvalue weighted by Gasteiger charge is -2.28. The van der Waals surface area contributed by atoms with E-state index in [0.717, 1.165) is 0 Å². The molecule has 9 nitrogen and oxygen atoms in total. The zero-order valence-electron chi connectivity index (χ0n) is 13.7. The predicted molar refractivity (Wildman–Crippen MR) is 83.5 cm³/mol. The zero-order valence-corrected chi connectivity index (χ0v) is 14.5. The molecule has 1 fully saturated rings. The first-order valence-electron chi connectivity index (χ1n) is 7.50. The van der Waals surface area contributed by atoms with E-state index in [1.807, 2.05) is 0 Å². The highest BCUT2D eigenvalue weighted by Gasteiger charge is 2.28. The quantitative estimate of drug-likeness (QED) is 0.806. The second-order valence-electron chi connectivity index (χ2n) is 5.86. The minimum atomic E-state index is -3.13. The van der Waals surface area contributed by atoms with E-state index in [9.17, 15) is 13.2 Å². The SMILES string of the molecule is CN(C)C(=O)NCCc1nc(C2CCN(S(C)(=O)=O)CC2)no1. The van der Waals surface area contributed by atoms with Crippen LogP contribution in [0.1, 0.15) is 30.5 Å². The Labute approximate surface area is 136 Å². The molecule has 10 heteroatoms. The van der Waals surface area contributed by atoms with E-state index >= 15 is 0 Å². The van der Waals surface area contributed by atoms with Gasteiger partial charge in [-0.1, -0.05) is 5.16 Å². The highest BCUT2D eigenvalue weighted by atomic mass is 32.2. The fourth-order valence-corrected chi connectivity index (χ4v) is 3.29. The first-order chi connectivity index (χ1) is 10.8. The molecule has 2 amide bonds. The van der Waals surface area contributed by atoms with E-state index in [-0.39, 0.29) is 11.9 Å². The summed E-state index contributed by atoms with van der Waals surface area (Å²) in [6.07, 6.45) is 3.06. The minimum absolute atomic E-state index is 0.113. The van der Waals surface area contributed by atoms with Crippen LogP contribution in [0.3, 0.4) is 0 Å². The van der Waals surface area contributed by atoms with Crippen molar-refractivity contribution < 1.29 is 17.7 Å². The molecule has 1 N–H and O–H groups in total. The van der Waals surface area contributed by atoms with E-state index in [4.69, 9.17) is 4.52 Å². The molecule has 0 unspecified atom stereocenters. The van der Waals surface area contributed by atoms with Gasteiger partial charge in [-0.25, -0.2) is 17.5 Å². The maximum atomic E-state index is 11.5. The standard InChI is InChI=1S/C13H23N5O4S/c1-17(2)13(19)14-7-4-11-15-12(16-22-11)10-5-8-18(9-6-10)23(3,20)21/h10H,4-9H2,1-3H3,(H,14,19). The highest BCUT2D eigenvalue weighted by molar-refractivity contribution is 7.88. The van der Waals surface area contributed by atoms with Crippen molar-refractivity contribution in [2.45, 2.75) is 25.2 Å². The molecule has 1 aromatic rings. The largest absolute Gasteiger partial charge is 0.339 e. The van der Waals surface area contributed by atoms with Gasteiger partial charge in [-0.2, -0.15) is 4.98 Å². The van der Waals surface area contributed by atoms with E-state index in [1.165, 1.54) is 15.5 Å². The van der Waals surface area contributed by atoms with Gasteiger partial charge in [0.2, 0.25) is 15.9 Å². The van der Waals surface area contributed by atoms with Crippen molar-refractivity contribution in [1.82, 2.24) is 24.7 Å². The van der Waals surface area contributed by atoms with E-state index in [0.29, 0.717) is 50.6 Å². The number of aromatic nitrogens is 2. The predicted octanol–water partition coefficient (Wildman–Crippen LogP) is 0.0223. The molecule has 0 atom stereocenters. The normalized spacial score (nSPS) is 17.2. The van der Waals surface area contributed by atoms with Gasteiger partial charge in [-0.15, -0.1) is 0 Å². The number of urea groups is 1. The Morgan fingerprint density at radius 3 is 2.61 bits per heavy atom.